The molecule has 84 valence electrons. The highest BCUT2D eigenvalue weighted by Crippen LogP contribution is 2.18. The van der Waals surface area contributed by atoms with Gasteiger partial charge in [-0.1, -0.05) is 13.0 Å². The number of hydrogen-bond donors (Lipinski definition) is 1. The summed E-state index contributed by atoms with van der Waals surface area (Å²) in [5.41, 5.74) is 2.17. The van der Waals surface area contributed by atoms with Crippen LogP contribution in [0.1, 0.15) is 24.2 Å². The van der Waals surface area contributed by atoms with Crippen molar-refractivity contribution in [3.05, 3.63) is 48.0 Å². The van der Waals surface area contributed by atoms with Gasteiger partial charge in [0.1, 0.15) is 0 Å². The molecule has 4 nitrogen and oxygen atoms in total. The summed E-state index contributed by atoms with van der Waals surface area (Å²) in [4.78, 5) is 4.15. The molecule has 0 aliphatic heterocycles. The number of nitrogens with one attached hydrogen (secondary N) is 1. The van der Waals surface area contributed by atoms with Crippen LogP contribution in [0.3, 0.4) is 0 Å². The van der Waals surface area contributed by atoms with E-state index in [-0.39, 0.29) is 6.04 Å². The molecule has 0 saturated carbocycles. The quantitative estimate of drug-likeness (QED) is 0.842. The lowest BCUT2D eigenvalue weighted by Crippen LogP contribution is -2.22. The van der Waals surface area contributed by atoms with Gasteiger partial charge in [0.25, 0.3) is 0 Å². The van der Waals surface area contributed by atoms with E-state index in [9.17, 15) is 0 Å². The molecule has 1 unspecified atom stereocenters. The van der Waals surface area contributed by atoms with E-state index in [1.165, 1.54) is 0 Å². The molecule has 0 aliphatic rings. The molecule has 0 bridgehead atoms. The molecule has 16 heavy (non-hydrogen) atoms. The lowest BCUT2D eigenvalue weighted by atomic mass is 10.1. The van der Waals surface area contributed by atoms with Crippen LogP contribution >= 0.6 is 0 Å². The topological polar surface area (TPSA) is 42.7 Å². The zero-order valence-electron chi connectivity index (χ0n) is 9.59. The lowest BCUT2D eigenvalue weighted by Gasteiger charge is -2.15. The van der Waals surface area contributed by atoms with E-state index >= 15 is 0 Å². The number of aryl methyl sites for hydroxylation is 1. The van der Waals surface area contributed by atoms with Gasteiger partial charge in [-0.2, -0.15) is 5.10 Å². The summed E-state index contributed by atoms with van der Waals surface area (Å²) in [5, 5.41) is 7.85. The fourth-order valence-electron chi connectivity index (χ4n) is 1.73. The summed E-state index contributed by atoms with van der Waals surface area (Å²) >= 11 is 0. The minimum atomic E-state index is 0.125. The van der Waals surface area contributed by atoms with Gasteiger partial charge in [0.2, 0.25) is 0 Å². The minimum absolute atomic E-state index is 0.125. The van der Waals surface area contributed by atoms with Crippen LogP contribution in [0.5, 0.6) is 0 Å². The van der Waals surface area contributed by atoms with Gasteiger partial charge in [-0.15, -0.1) is 0 Å². The molecule has 0 radical (unpaired) electrons. The number of rotatable bonds is 4. The molecule has 0 spiro atoms. The molecule has 1 N–H and O–H groups in total. The van der Waals surface area contributed by atoms with Gasteiger partial charge in [-0.3, -0.25) is 9.67 Å². The van der Waals surface area contributed by atoms with Crippen LogP contribution in [-0.4, -0.2) is 21.3 Å². The third-order valence-electron chi connectivity index (χ3n) is 2.46. The van der Waals surface area contributed by atoms with E-state index in [0.29, 0.717) is 0 Å². The van der Waals surface area contributed by atoms with E-state index in [1.807, 2.05) is 36.3 Å². The second-order valence-electron chi connectivity index (χ2n) is 3.69. The Morgan fingerprint density at radius 2 is 2.31 bits per heavy atom. The van der Waals surface area contributed by atoms with Crippen molar-refractivity contribution < 1.29 is 0 Å². The second kappa shape index (κ2) is 4.90. The first kappa shape index (κ1) is 10.8. The van der Waals surface area contributed by atoms with Crippen molar-refractivity contribution in [1.29, 1.82) is 0 Å². The van der Waals surface area contributed by atoms with Crippen molar-refractivity contribution in [3.63, 3.8) is 0 Å². The number of hydrogen-bond acceptors (Lipinski definition) is 3. The van der Waals surface area contributed by atoms with Crippen LogP contribution in [0.25, 0.3) is 0 Å². The SMILES string of the molecule is CCNC(c1cccnc1)c1ccn(C)n1. The zero-order valence-corrected chi connectivity index (χ0v) is 9.59. The predicted octanol–water partition coefficient (Wildman–Crippen LogP) is 1.51. The normalized spacial score (nSPS) is 12.6. The van der Waals surface area contributed by atoms with E-state index in [0.717, 1.165) is 17.8 Å². The number of aromatic nitrogens is 3. The van der Waals surface area contributed by atoms with E-state index in [4.69, 9.17) is 0 Å². The van der Waals surface area contributed by atoms with Crippen LogP contribution in [-0.2, 0) is 7.05 Å². The molecule has 2 heterocycles. The van der Waals surface area contributed by atoms with Crippen LogP contribution < -0.4 is 5.32 Å². The summed E-state index contributed by atoms with van der Waals surface area (Å²) in [7, 11) is 1.93. The van der Waals surface area contributed by atoms with Crippen molar-refractivity contribution in [3.8, 4) is 0 Å². The largest absolute Gasteiger partial charge is 0.305 e. The second-order valence-corrected chi connectivity index (χ2v) is 3.69. The Hall–Kier alpha value is -1.68. The van der Waals surface area contributed by atoms with Gasteiger partial charge in [-0.05, 0) is 24.2 Å². The summed E-state index contributed by atoms with van der Waals surface area (Å²) in [6, 6.07) is 6.16. The van der Waals surface area contributed by atoms with Crippen LogP contribution in [0.4, 0.5) is 0 Å². The molecule has 2 rings (SSSR count). The van der Waals surface area contributed by atoms with Crippen molar-refractivity contribution in [2.24, 2.45) is 7.05 Å². The Kier molecular flexibility index (Phi) is 3.31. The molecule has 0 fully saturated rings. The summed E-state index contributed by atoms with van der Waals surface area (Å²) in [6.45, 7) is 2.99. The van der Waals surface area contributed by atoms with Crippen LogP contribution in [0.15, 0.2) is 36.8 Å². The highest BCUT2D eigenvalue weighted by atomic mass is 15.3. The van der Waals surface area contributed by atoms with Gasteiger partial charge in [0, 0.05) is 25.6 Å². The molecule has 4 heteroatoms. The first-order chi connectivity index (χ1) is 7.81. The average Bonchev–Trinajstić information content (AvgIpc) is 2.74. The maximum absolute atomic E-state index is 4.43. The Labute approximate surface area is 95.3 Å². The standard InChI is InChI=1S/C12H16N4/c1-3-14-12(10-5-4-7-13-9-10)11-6-8-16(2)15-11/h4-9,12,14H,3H2,1-2H3. The minimum Gasteiger partial charge on any atom is -0.305 e. The van der Waals surface area contributed by atoms with Gasteiger partial charge in [-0.25, -0.2) is 0 Å². The van der Waals surface area contributed by atoms with E-state index in [1.54, 1.807) is 6.20 Å². The zero-order chi connectivity index (χ0) is 11.4. The molecule has 0 amide bonds. The van der Waals surface area contributed by atoms with E-state index < -0.39 is 0 Å². The van der Waals surface area contributed by atoms with Gasteiger partial charge < -0.3 is 5.32 Å². The van der Waals surface area contributed by atoms with Crippen molar-refractivity contribution in [2.45, 2.75) is 13.0 Å². The van der Waals surface area contributed by atoms with Crippen molar-refractivity contribution in [1.82, 2.24) is 20.1 Å². The van der Waals surface area contributed by atoms with Crippen LogP contribution in [0.2, 0.25) is 0 Å². The summed E-state index contributed by atoms with van der Waals surface area (Å²) in [5.74, 6) is 0. The maximum atomic E-state index is 4.43. The first-order valence-corrected chi connectivity index (χ1v) is 5.44. The van der Waals surface area contributed by atoms with Crippen molar-refractivity contribution in [2.75, 3.05) is 6.54 Å². The number of nitrogens with zero attached hydrogens (tertiary/aromatic N) is 3. The summed E-state index contributed by atoms with van der Waals surface area (Å²) in [6.07, 6.45) is 5.61. The smallest absolute Gasteiger partial charge is 0.0839 e. The lowest BCUT2D eigenvalue weighted by molar-refractivity contribution is 0.598. The van der Waals surface area contributed by atoms with Crippen LogP contribution in [0, 0.1) is 0 Å². The molecular formula is C12H16N4. The first-order valence-electron chi connectivity index (χ1n) is 5.44. The molecular weight excluding hydrogens is 200 g/mol. The average molecular weight is 216 g/mol. The molecule has 2 aromatic rings. The monoisotopic (exact) mass is 216 g/mol. The highest BCUT2D eigenvalue weighted by Gasteiger charge is 2.15. The number of pyridine rings is 1. The van der Waals surface area contributed by atoms with Gasteiger partial charge >= 0.3 is 0 Å². The Balaban J connectivity index is 2.31. The highest BCUT2D eigenvalue weighted by molar-refractivity contribution is 5.24. The summed E-state index contributed by atoms with van der Waals surface area (Å²) < 4.78 is 1.82. The molecule has 0 aromatic carbocycles. The third-order valence-corrected chi connectivity index (χ3v) is 2.46. The Morgan fingerprint density at radius 3 is 2.88 bits per heavy atom. The fraction of sp³-hybridized carbons (Fsp3) is 0.333. The molecule has 2 aromatic heterocycles. The maximum Gasteiger partial charge on any atom is 0.0839 e. The van der Waals surface area contributed by atoms with E-state index in [2.05, 4.69) is 28.4 Å². The van der Waals surface area contributed by atoms with Gasteiger partial charge in [0.05, 0.1) is 11.7 Å². The molecule has 1 atom stereocenters. The fourth-order valence-corrected chi connectivity index (χ4v) is 1.73. The Morgan fingerprint density at radius 1 is 1.44 bits per heavy atom. The molecule has 0 aliphatic carbocycles. The Bertz CT molecular complexity index is 435. The third kappa shape index (κ3) is 2.28. The molecule has 0 saturated heterocycles. The predicted molar refractivity (Wildman–Crippen MR) is 63.0 cm³/mol. The van der Waals surface area contributed by atoms with Crippen molar-refractivity contribution >= 4 is 0 Å². The van der Waals surface area contributed by atoms with Gasteiger partial charge in [0.15, 0.2) is 0 Å².